The molecular weight excluding hydrogens is 342 g/mol. The number of H-pyrrole nitrogens is 1. The van der Waals surface area contributed by atoms with Gasteiger partial charge in [0.05, 0.1) is 20.4 Å². The minimum atomic E-state index is -0.363. The molecule has 3 rings (SSSR count). The van der Waals surface area contributed by atoms with Gasteiger partial charge in [-0.2, -0.15) is 5.10 Å². The molecule has 128 valence electrons. The molecule has 0 unspecified atom stereocenters. The lowest BCUT2D eigenvalue weighted by Gasteiger charge is -2.06. The van der Waals surface area contributed by atoms with E-state index in [9.17, 15) is 4.79 Å². The largest absolute Gasteiger partial charge is 0.493 e. The number of halogens is 1. The summed E-state index contributed by atoms with van der Waals surface area (Å²) < 4.78 is 10.5. The van der Waals surface area contributed by atoms with Gasteiger partial charge in [-0.05, 0) is 18.2 Å². The highest BCUT2D eigenvalue weighted by Crippen LogP contribution is 2.32. The van der Waals surface area contributed by atoms with Crippen molar-refractivity contribution in [2.24, 2.45) is 5.10 Å². The van der Waals surface area contributed by atoms with Gasteiger partial charge in [-0.15, -0.1) is 0 Å². The van der Waals surface area contributed by atoms with Gasteiger partial charge in [-0.25, -0.2) is 5.43 Å². The van der Waals surface area contributed by atoms with E-state index in [1.807, 2.05) is 12.1 Å². The minimum absolute atomic E-state index is 0.363. The zero-order valence-corrected chi connectivity index (χ0v) is 14.4. The van der Waals surface area contributed by atoms with Crippen LogP contribution in [-0.4, -0.2) is 31.3 Å². The molecule has 0 spiro atoms. The highest BCUT2D eigenvalue weighted by Gasteiger charge is 2.12. The Labute approximate surface area is 149 Å². The minimum Gasteiger partial charge on any atom is -0.493 e. The molecule has 2 aromatic carbocycles. The molecule has 7 heteroatoms. The summed E-state index contributed by atoms with van der Waals surface area (Å²) >= 11 is 6.03. The average molecular weight is 358 g/mol. The summed E-state index contributed by atoms with van der Waals surface area (Å²) in [5, 5.41) is 5.33. The van der Waals surface area contributed by atoms with Crippen molar-refractivity contribution in [2.45, 2.75) is 0 Å². The third kappa shape index (κ3) is 3.59. The van der Waals surface area contributed by atoms with Crippen LogP contribution >= 0.6 is 11.6 Å². The lowest BCUT2D eigenvalue weighted by atomic mass is 10.2. The summed E-state index contributed by atoms with van der Waals surface area (Å²) in [5.74, 6) is 0.815. The lowest BCUT2D eigenvalue weighted by molar-refractivity contribution is 0.0951. The van der Waals surface area contributed by atoms with Crippen LogP contribution in [0.1, 0.15) is 16.1 Å². The first-order valence-corrected chi connectivity index (χ1v) is 7.83. The number of nitrogens with zero attached hydrogens (tertiary/aromatic N) is 1. The van der Waals surface area contributed by atoms with Gasteiger partial charge >= 0.3 is 0 Å². The first kappa shape index (κ1) is 16.9. The Kier molecular flexibility index (Phi) is 4.90. The Balaban J connectivity index is 1.79. The molecule has 6 nitrogen and oxygen atoms in total. The fraction of sp³-hybridized carbons (Fsp3) is 0.111. The van der Waals surface area contributed by atoms with Crippen molar-refractivity contribution < 1.29 is 14.3 Å². The van der Waals surface area contributed by atoms with E-state index in [2.05, 4.69) is 15.5 Å². The number of ether oxygens (including phenoxy) is 2. The van der Waals surface area contributed by atoms with Crippen molar-refractivity contribution in [3.63, 3.8) is 0 Å². The zero-order valence-electron chi connectivity index (χ0n) is 13.7. The van der Waals surface area contributed by atoms with Crippen LogP contribution in [-0.2, 0) is 0 Å². The Hall–Kier alpha value is -2.99. The van der Waals surface area contributed by atoms with E-state index in [0.29, 0.717) is 22.2 Å². The van der Waals surface area contributed by atoms with E-state index in [4.69, 9.17) is 21.1 Å². The quantitative estimate of drug-likeness (QED) is 0.541. The molecule has 25 heavy (non-hydrogen) atoms. The number of hydrazone groups is 1. The lowest BCUT2D eigenvalue weighted by Crippen LogP contribution is -2.17. The maximum absolute atomic E-state index is 12.2. The number of rotatable bonds is 5. The summed E-state index contributed by atoms with van der Waals surface area (Å²) in [4.78, 5) is 15.3. The molecule has 0 aliphatic heterocycles. The molecule has 0 fully saturated rings. The van der Waals surface area contributed by atoms with Crippen LogP contribution in [0.3, 0.4) is 0 Å². The highest BCUT2D eigenvalue weighted by molar-refractivity contribution is 6.33. The first-order valence-electron chi connectivity index (χ1n) is 7.45. The molecule has 0 saturated heterocycles. The van der Waals surface area contributed by atoms with Crippen molar-refractivity contribution in [3.05, 3.63) is 58.7 Å². The van der Waals surface area contributed by atoms with Crippen LogP contribution < -0.4 is 14.9 Å². The van der Waals surface area contributed by atoms with Gasteiger partial charge < -0.3 is 14.5 Å². The third-order valence-electron chi connectivity index (χ3n) is 3.64. The van der Waals surface area contributed by atoms with Gasteiger partial charge in [0.1, 0.15) is 5.69 Å². The Morgan fingerprint density at radius 2 is 1.88 bits per heavy atom. The first-order chi connectivity index (χ1) is 12.1. The number of hydrogen-bond donors (Lipinski definition) is 2. The van der Waals surface area contributed by atoms with Gasteiger partial charge in [0.25, 0.3) is 5.91 Å². The molecule has 1 amide bonds. The molecule has 0 bridgehead atoms. The number of amides is 1. The number of carbonyl (C=O) groups excluding carboxylic acids is 1. The van der Waals surface area contributed by atoms with E-state index < -0.39 is 0 Å². The number of aromatic amines is 1. The van der Waals surface area contributed by atoms with E-state index in [0.717, 1.165) is 16.5 Å². The average Bonchev–Trinajstić information content (AvgIpc) is 3.05. The molecule has 1 aromatic heterocycles. The predicted octanol–water partition coefficient (Wildman–Crippen LogP) is 3.60. The maximum Gasteiger partial charge on any atom is 0.287 e. The highest BCUT2D eigenvalue weighted by atomic mass is 35.5. The van der Waals surface area contributed by atoms with Crippen LogP contribution in [0, 0.1) is 0 Å². The molecule has 3 aromatic rings. The number of fused-ring (bicyclic) bond motifs is 1. The van der Waals surface area contributed by atoms with Gasteiger partial charge in [-0.1, -0.05) is 29.8 Å². The second-order valence-electron chi connectivity index (χ2n) is 5.20. The normalized spacial score (nSPS) is 11.0. The van der Waals surface area contributed by atoms with E-state index in [-0.39, 0.29) is 5.91 Å². The topological polar surface area (TPSA) is 75.7 Å². The smallest absolute Gasteiger partial charge is 0.287 e. The van der Waals surface area contributed by atoms with Crippen molar-refractivity contribution >= 4 is 34.6 Å². The molecule has 0 radical (unpaired) electrons. The molecule has 1 heterocycles. The molecule has 0 saturated carbocycles. The molecule has 0 atom stereocenters. The molecular formula is C18H16ClN3O3. The fourth-order valence-electron chi connectivity index (χ4n) is 2.38. The van der Waals surface area contributed by atoms with Crippen LogP contribution in [0.5, 0.6) is 11.5 Å². The number of aromatic nitrogens is 1. The van der Waals surface area contributed by atoms with E-state index in [1.54, 1.807) is 44.6 Å². The second-order valence-corrected chi connectivity index (χ2v) is 5.61. The Bertz CT molecular complexity index is 909. The van der Waals surface area contributed by atoms with Crippen LogP contribution in [0.15, 0.2) is 47.6 Å². The second kappa shape index (κ2) is 7.27. The molecule has 2 N–H and O–H groups in total. The molecule has 0 aliphatic rings. The summed E-state index contributed by atoms with van der Waals surface area (Å²) in [7, 11) is 3.12. The summed E-state index contributed by atoms with van der Waals surface area (Å²) in [6.45, 7) is 0. The van der Waals surface area contributed by atoms with Crippen LogP contribution in [0.4, 0.5) is 0 Å². The SMILES string of the molecule is COc1cc2cc(C(=O)N/N=C/c3ccccc3Cl)[nH]c2cc1OC. The number of nitrogens with one attached hydrogen (secondary N) is 2. The van der Waals surface area contributed by atoms with Gasteiger partial charge in [0.15, 0.2) is 11.5 Å². The van der Waals surface area contributed by atoms with Gasteiger partial charge in [0.2, 0.25) is 0 Å². The van der Waals surface area contributed by atoms with Crippen molar-refractivity contribution in [1.82, 2.24) is 10.4 Å². The summed E-state index contributed by atoms with van der Waals surface area (Å²) in [6.07, 6.45) is 1.49. The van der Waals surface area contributed by atoms with E-state index in [1.165, 1.54) is 6.21 Å². The zero-order chi connectivity index (χ0) is 17.8. The maximum atomic E-state index is 12.2. The summed E-state index contributed by atoms with van der Waals surface area (Å²) in [5.41, 5.74) is 4.33. The Morgan fingerprint density at radius 1 is 1.16 bits per heavy atom. The third-order valence-corrected chi connectivity index (χ3v) is 3.99. The van der Waals surface area contributed by atoms with Gasteiger partial charge in [0, 0.05) is 27.6 Å². The summed E-state index contributed by atoms with van der Waals surface area (Å²) in [6, 6.07) is 12.5. The Morgan fingerprint density at radius 3 is 2.60 bits per heavy atom. The standard InChI is InChI=1S/C18H16ClN3O3/c1-24-16-8-12-7-15(21-14(12)9-17(16)25-2)18(23)22-20-10-11-5-3-4-6-13(11)19/h3-10,21H,1-2H3,(H,22,23)/b20-10+. The number of methoxy groups -OCH3 is 2. The van der Waals surface area contributed by atoms with Gasteiger partial charge in [-0.3, -0.25) is 4.79 Å². The number of carbonyl (C=O) groups is 1. The van der Waals surface area contributed by atoms with Crippen molar-refractivity contribution in [2.75, 3.05) is 14.2 Å². The van der Waals surface area contributed by atoms with Crippen molar-refractivity contribution in [3.8, 4) is 11.5 Å². The monoisotopic (exact) mass is 357 g/mol. The molecule has 0 aliphatic carbocycles. The van der Waals surface area contributed by atoms with E-state index >= 15 is 0 Å². The number of hydrogen-bond acceptors (Lipinski definition) is 4. The van der Waals surface area contributed by atoms with Crippen molar-refractivity contribution in [1.29, 1.82) is 0 Å². The fourth-order valence-corrected chi connectivity index (χ4v) is 2.57. The predicted molar refractivity (Wildman–Crippen MR) is 97.9 cm³/mol. The van der Waals surface area contributed by atoms with Crippen LogP contribution in [0.2, 0.25) is 5.02 Å². The number of benzene rings is 2. The van der Waals surface area contributed by atoms with Crippen LogP contribution in [0.25, 0.3) is 10.9 Å².